The van der Waals surface area contributed by atoms with Gasteiger partial charge in [0, 0.05) is 6.54 Å². The largest absolute Gasteiger partial charge is 0.454 e. The highest BCUT2D eigenvalue weighted by atomic mass is 16.7. The topological polar surface area (TPSA) is 91.7 Å². The highest BCUT2D eigenvalue weighted by Gasteiger charge is 2.21. The summed E-state index contributed by atoms with van der Waals surface area (Å²) in [7, 11) is 0. The molecule has 0 atom stereocenters. The van der Waals surface area contributed by atoms with Crippen LogP contribution in [0.4, 0.5) is 0 Å². The summed E-state index contributed by atoms with van der Waals surface area (Å²) in [5.41, 5.74) is 3.27. The summed E-state index contributed by atoms with van der Waals surface area (Å²) < 4.78 is 17.5. The minimum Gasteiger partial charge on any atom is -0.454 e. The maximum atomic E-state index is 12.6. The molecule has 0 saturated heterocycles. The number of carbonyl (C=O) groups excluding carboxylic acids is 2. The van der Waals surface area contributed by atoms with Crippen LogP contribution in [0, 0.1) is 13.8 Å². The molecule has 8 nitrogen and oxygen atoms in total. The van der Waals surface area contributed by atoms with Crippen LogP contribution in [-0.4, -0.2) is 35.1 Å². The standard InChI is InChI=1S/C22H21N3O5/c1-14-21(15(2)25(24-14)17-6-4-3-5-7-17)22(27)28-12-20(26)23-11-16-8-9-18-19(10-16)30-13-29-18/h3-10H,11-13H2,1-2H3,(H,23,26). The highest BCUT2D eigenvalue weighted by Crippen LogP contribution is 2.32. The van der Waals surface area contributed by atoms with Gasteiger partial charge in [-0.1, -0.05) is 24.3 Å². The molecule has 8 heteroatoms. The van der Waals surface area contributed by atoms with Crippen LogP contribution < -0.4 is 14.8 Å². The Morgan fingerprint density at radius 3 is 2.67 bits per heavy atom. The molecule has 4 rings (SSSR count). The second kappa shape index (κ2) is 8.28. The number of nitrogens with zero attached hydrogens (tertiary/aromatic N) is 2. The Hall–Kier alpha value is -3.81. The molecule has 0 spiro atoms. The number of aryl methyl sites for hydroxylation is 1. The number of carbonyl (C=O) groups is 2. The average molecular weight is 407 g/mol. The number of fused-ring (bicyclic) bond motifs is 1. The molecule has 0 bridgehead atoms. The van der Waals surface area contributed by atoms with Crippen LogP contribution in [0.5, 0.6) is 11.5 Å². The molecule has 1 aliphatic heterocycles. The third-order valence-electron chi connectivity index (χ3n) is 4.76. The molecule has 1 aliphatic rings. The lowest BCUT2D eigenvalue weighted by atomic mass is 10.2. The maximum Gasteiger partial charge on any atom is 0.342 e. The van der Waals surface area contributed by atoms with Gasteiger partial charge in [0.2, 0.25) is 6.79 Å². The van der Waals surface area contributed by atoms with Gasteiger partial charge in [-0.3, -0.25) is 4.79 Å². The van der Waals surface area contributed by atoms with Gasteiger partial charge in [-0.2, -0.15) is 5.10 Å². The maximum absolute atomic E-state index is 12.6. The van der Waals surface area contributed by atoms with Gasteiger partial charge in [0.1, 0.15) is 5.56 Å². The number of esters is 1. The Labute approximate surface area is 173 Å². The molecule has 0 aliphatic carbocycles. The summed E-state index contributed by atoms with van der Waals surface area (Å²) in [4.78, 5) is 24.7. The van der Waals surface area contributed by atoms with E-state index >= 15 is 0 Å². The second-order valence-corrected chi connectivity index (χ2v) is 6.83. The Balaban J connectivity index is 1.34. The zero-order chi connectivity index (χ0) is 21.1. The van der Waals surface area contributed by atoms with E-state index in [1.54, 1.807) is 30.7 Å². The number of hydrogen-bond acceptors (Lipinski definition) is 6. The molecular weight excluding hydrogens is 386 g/mol. The van der Waals surface area contributed by atoms with Crippen LogP contribution in [0.15, 0.2) is 48.5 Å². The number of nitrogens with one attached hydrogen (secondary N) is 1. The minimum absolute atomic E-state index is 0.195. The van der Waals surface area contributed by atoms with E-state index < -0.39 is 11.9 Å². The Morgan fingerprint density at radius 1 is 1.10 bits per heavy atom. The molecule has 154 valence electrons. The Bertz CT molecular complexity index is 1090. The minimum atomic E-state index is -0.578. The molecular formula is C22H21N3O5. The van der Waals surface area contributed by atoms with Gasteiger partial charge in [0.05, 0.1) is 17.1 Å². The van der Waals surface area contributed by atoms with E-state index in [1.807, 2.05) is 36.4 Å². The first kappa shape index (κ1) is 19.5. The molecule has 1 aromatic heterocycles. The Morgan fingerprint density at radius 2 is 1.87 bits per heavy atom. The van der Waals surface area contributed by atoms with Crippen molar-refractivity contribution >= 4 is 11.9 Å². The van der Waals surface area contributed by atoms with Crippen molar-refractivity contribution in [3.05, 3.63) is 71.0 Å². The van der Waals surface area contributed by atoms with Gasteiger partial charge >= 0.3 is 5.97 Å². The third kappa shape index (κ3) is 3.98. The summed E-state index contributed by atoms with van der Waals surface area (Å²) in [5, 5.41) is 7.15. The monoisotopic (exact) mass is 407 g/mol. The van der Waals surface area contributed by atoms with E-state index in [9.17, 15) is 9.59 Å². The first-order chi connectivity index (χ1) is 14.5. The fourth-order valence-corrected chi connectivity index (χ4v) is 3.26. The fraction of sp³-hybridized carbons (Fsp3) is 0.227. The third-order valence-corrected chi connectivity index (χ3v) is 4.76. The lowest BCUT2D eigenvalue weighted by Crippen LogP contribution is -2.28. The fourth-order valence-electron chi connectivity index (χ4n) is 3.26. The average Bonchev–Trinajstić information content (AvgIpc) is 3.34. The quantitative estimate of drug-likeness (QED) is 0.632. The predicted molar refractivity (Wildman–Crippen MR) is 108 cm³/mol. The number of benzene rings is 2. The van der Waals surface area contributed by atoms with E-state index in [0.29, 0.717) is 28.5 Å². The van der Waals surface area contributed by atoms with Crippen LogP contribution in [0.1, 0.15) is 27.3 Å². The summed E-state index contributed by atoms with van der Waals surface area (Å²) in [6, 6.07) is 14.9. The lowest BCUT2D eigenvalue weighted by Gasteiger charge is -2.08. The summed E-state index contributed by atoms with van der Waals surface area (Å²) in [6.07, 6.45) is 0. The molecule has 2 aromatic carbocycles. The van der Waals surface area contributed by atoms with Gasteiger partial charge < -0.3 is 19.5 Å². The zero-order valence-electron chi connectivity index (χ0n) is 16.7. The van der Waals surface area contributed by atoms with Crippen molar-refractivity contribution in [3.63, 3.8) is 0 Å². The molecule has 1 amide bonds. The van der Waals surface area contributed by atoms with Crippen LogP contribution in [0.3, 0.4) is 0 Å². The van der Waals surface area contributed by atoms with E-state index in [4.69, 9.17) is 14.2 Å². The number of para-hydroxylation sites is 1. The van der Waals surface area contributed by atoms with Crippen molar-refractivity contribution in [1.29, 1.82) is 0 Å². The van der Waals surface area contributed by atoms with Gasteiger partial charge in [0.25, 0.3) is 5.91 Å². The van der Waals surface area contributed by atoms with Gasteiger partial charge in [-0.25, -0.2) is 9.48 Å². The smallest absolute Gasteiger partial charge is 0.342 e. The highest BCUT2D eigenvalue weighted by molar-refractivity contribution is 5.93. The number of amides is 1. The zero-order valence-corrected chi connectivity index (χ0v) is 16.7. The normalized spacial score (nSPS) is 11.9. The molecule has 0 unspecified atom stereocenters. The van der Waals surface area contributed by atoms with Crippen molar-refractivity contribution in [1.82, 2.24) is 15.1 Å². The molecule has 2 heterocycles. The van der Waals surface area contributed by atoms with Crippen LogP contribution >= 0.6 is 0 Å². The van der Waals surface area contributed by atoms with E-state index in [-0.39, 0.29) is 19.9 Å². The van der Waals surface area contributed by atoms with Gasteiger partial charge in [0.15, 0.2) is 18.1 Å². The molecule has 0 saturated carbocycles. The van der Waals surface area contributed by atoms with Crippen molar-refractivity contribution in [2.45, 2.75) is 20.4 Å². The number of rotatable bonds is 6. The number of aromatic nitrogens is 2. The summed E-state index contributed by atoms with van der Waals surface area (Å²) in [6.45, 7) is 3.64. The van der Waals surface area contributed by atoms with Crippen LogP contribution in [-0.2, 0) is 16.1 Å². The van der Waals surface area contributed by atoms with Crippen molar-refractivity contribution in [2.75, 3.05) is 13.4 Å². The molecule has 0 radical (unpaired) electrons. The second-order valence-electron chi connectivity index (χ2n) is 6.83. The molecule has 3 aromatic rings. The SMILES string of the molecule is Cc1nn(-c2ccccc2)c(C)c1C(=O)OCC(=O)NCc1ccc2c(c1)OCO2. The van der Waals surface area contributed by atoms with E-state index in [0.717, 1.165) is 11.3 Å². The van der Waals surface area contributed by atoms with Gasteiger partial charge in [-0.15, -0.1) is 0 Å². The van der Waals surface area contributed by atoms with Crippen molar-refractivity contribution in [3.8, 4) is 17.2 Å². The van der Waals surface area contributed by atoms with Gasteiger partial charge in [-0.05, 0) is 43.7 Å². The van der Waals surface area contributed by atoms with E-state index in [2.05, 4.69) is 10.4 Å². The lowest BCUT2D eigenvalue weighted by molar-refractivity contribution is -0.124. The summed E-state index contributed by atoms with van der Waals surface area (Å²) >= 11 is 0. The van der Waals surface area contributed by atoms with E-state index in [1.165, 1.54) is 0 Å². The first-order valence-electron chi connectivity index (χ1n) is 9.47. The van der Waals surface area contributed by atoms with Crippen LogP contribution in [0.25, 0.3) is 5.69 Å². The molecule has 30 heavy (non-hydrogen) atoms. The predicted octanol–water partition coefficient (Wildman–Crippen LogP) is 2.69. The summed E-state index contributed by atoms with van der Waals surface area (Å²) in [5.74, 6) is 0.354. The Kier molecular flexibility index (Phi) is 5.38. The molecule has 0 fully saturated rings. The molecule has 1 N–H and O–H groups in total. The first-order valence-corrected chi connectivity index (χ1v) is 9.47. The van der Waals surface area contributed by atoms with Crippen LogP contribution in [0.2, 0.25) is 0 Å². The van der Waals surface area contributed by atoms with Crippen molar-refractivity contribution in [2.24, 2.45) is 0 Å². The number of ether oxygens (including phenoxy) is 3. The number of hydrogen-bond donors (Lipinski definition) is 1. The van der Waals surface area contributed by atoms with Crippen molar-refractivity contribution < 1.29 is 23.8 Å².